The second-order valence-electron chi connectivity index (χ2n) is 6.57. The lowest BCUT2D eigenvalue weighted by molar-refractivity contribution is 0.0565. The SMILES string of the molecule is CNCC(c1ccccc1)N1CCC2CCCCC2C1. The highest BCUT2D eigenvalue weighted by Crippen LogP contribution is 2.38. The maximum atomic E-state index is 3.39. The zero-order valence-electron chi connectivity index (χ0n) is 12.7. The number of hydrogen-bond donors (Lipinski definition) is 1. The highest BCUT2D eigenvalue weighted by Gasteiger charge is 2.33. The molecule has 110 valence electrons. The molecule has 0 radical (unpaired) electrons. The highest BCUT2D eigenvalue weighted by molar-refractivity contribution is 5.19. The van der Waals surface area contributed by atoms with Crippen molar-refractivity contribution >= 4 is 0 Å². The van der Waals surface area contributed by atoms with Crippen LogP contribution in [0.3, 0.4) is 0 Å². The number of benzene rings is 1. The van der Waals surface area contributed by atoms with Gasteiger partial charge in [-0.05, 0) is 43.8 Å². The molecule has 2 nitrogen and oxygen atoms in total. The van der Waals surface area contributed by atoms with Gasteiger partial charge in [0.05, 0.1) is 0 Å². The molecule has 3 unspecified atom stereocenters. The Morgan fingerprint density at radius 3 is 2.60 bits per heavy atom. The third-order valence-electron chi connectivity index (χ3n) is 5.35. The number of rotatable bonds is 4. The quantitative estimate of drug-likeness (QED) is 0.903. The standard InChI is InChI=1S/C18H28N2/c1-19-13-18(16-8-3-2-4-9-16)20-12-11-15-7-5-6-10-17(15)14-20/h2-4,8-9,15,17-19H,5-7,10-14H2,1H3. The summed E-state index contributed by atoms with van der Waals surface area (Å²) in [7, 11) is 2.07. The van der Waals surface area contributed by atoms with Gasteiger partial charge in [0.15, 0.2) is 0 Å². The zero-order chi connectivity index (χ0) is 13.8. The summed E-state index contributed by atoms with van der Waals surface area (Å²) in [5.41, 5.74) is 1.47. The number of likely N-dealkylation sites (N-methyl/N-ethyl adjacent to an activating group) is 1. The van der Waals surface area contributed by atoms with Crippen molar-refractivity contribution in [2.75, 3.05) is 26.7 Å². The molecule has 1 aliphatic carbocycles. The normalized spacial score (nSPS) is 28.9. The summed E-state index contributed by atoms with van der Waals surface area (Å²) in [6.07, 6.45) is 7.29. The zero-order valence-corrected chi connectivity index (χ0v) is 12.7. The number of nitrogens with zero attached hydrogens (tertiary/aromatic N) is 1. The van der Waals surface area contributed by atoms with Crippen LogP contribution in [-0.4, -0.2) is 31.6 Å². The molecule has 2 heteroatoms. The summed E-state index contributed by atoms with van der Waals surface area (Å²) < 4.78 is 0. The van der Waals surface area contributed by atoms with E-state index in [-0.39, 0.29) is 0 Å². The molecule has 3 atom stereocenters. The molecule has 2 fully saturated rings. The number of piperidine rings is 1. The van der Waals surface area contributed by atoms with Crippen LogP contribution < -0.4 is 5.32 Å². The van der Waals surface area contributed by atoms with Gasteiger partial charge in [-0.2, -0.15) is 0 Å². The smallest absolute Gasteiger partial charge is 0.0472 e. The molecule has 1 N–H and O–H groups in total. The molecule has 1 heterocycles. The van der Waals surface area contributed by atoms with Crippen molar-refractivity contribution in [1.29, 1.82) is 0 Å². The van der Waals surface area contributed by atoms with Gasteiger partial charge < -0.3 is 5.32 Å². The first kappa shape index (κ1) is 14.1. The fraction of sp³-hybridized carbons (Fsp3) is 0.667. The predicted molar refractivity (Wildman–Crippen MR) is 84.7 cm³/mol. The van der Waals surface area contributed by atoms with Crippen molar-refractivity contribution < 1.29 is 0 Å². The number of fused-ring (bicyclic) bond motifs is 1. The van der Waals surface area contributed by atoms with Crippen LogP contribution in [0, 0.1) is 11.8 Å². The summed E-state index contributed by atoms with van der Waals surface area (Å²) in [5.74, 6) is 1.98. The Hall–Kier alpha value is -0.860. The maximum absolute atomic E-state index is 3.39. The Balaban J connectivity index is 1.72. The molecular weight excluding hydrogens is 244 g/mol. The molecule has 1 saturated heterocycles. The topological polar surface area (TPSA) is 15.3 Å². The van der Waals surface area contributed by atoms with Crippen molar-refractivity contribution in [2.45, 2.75) is 38.1 Å². The first-order valence-corrected chi connectivity index (χ1v) is 8.32. The molecule has 3 rings (SSSR count). The maximum Gasteiger partial charge on any atom is 0.0472 e. The van der Waals surface area contributed by atoms with Gasteiger partial charge >= 0.3 is 0 Å². The largest absolute Gasteiger partial charge is 0.318 e. The van der Waals surface area contributed by atoms with E-state index in [2.05, 4.69) is 47.6 Å². The Morgan fingerprint density at radius 1 is 1.10 bits per heavy atom. The van der Waals surface area contributed by atoms with Crippen LogP contribution in [0.15, 0.2) is 30.3 Å². The summed E-state index contributed by atoms with van der Waals surface area (Å²) in [5, 5.41) is 3.39. The molecule has 0 bridgehead atoms. The minimum Gasteiger partial charge on any atom is -0.318 e. The van der Waals surface area contributed by atoms with Crippen molar-refractivity contribution in [2.24, 2.45) is 11.8 Å². The lowest BCUT2D eigenvalue weighted by atomic mass is 9.74. The van der Waals surface area contributed by atoms with Crippen LogP contribution in [0.4, 0.5) is 0 Å². The molecule has 1 aliphatic heterocycles. The van der Waals surface area contributed by atoms with E-state index in [0.717, 1.165) is 18.4 Å². The van der Waals surface area contributed by atoms with Crippen LogP contribution in [0.25, 0.3) is 0 Å². The average molecular weight is 272 g/mol. The first-order valence-electron chi connectivity index (χ1n) is 8.32. The van der Waals surface area contributed by atoms with E-state index in [1.165, 1.54) is 50.8 Å². The summed E-state index contributed by atoms with van der Waals surface area (Å²) >= 11 is 0. The van der Waals surface area contributed by atoms with Crippen LogP contribution in [-0.2, 0) is 0 Å². The van der Waals surface area contributed by atoms with E-state index >= 15 is 0 Å². The predicted octanol–water partition coefficient (Wildman–Crippen LogP) is 3.46. The highest BCUT2D eigenvalue weighted by atomic mass is 15.2. The first-order chi connectivity index (χ1) is 9.88. The molecule has 0 spiro atoms. The Labute approximate surface area is 123 Å². The fourth-order valence-electron chi connectivity index (χ4n) is 4.24. The van der Waals surface area contributed by atoms with Crippen molar-refractivity contribution in [3.8, 4) is 0 Å². The van der Waals surface area contributed by atoms with Gasteiger partial charge in [-0.3, -0.25) is 4.90 Å². The van der Waals surface area contributed by atoms with E-state index in [0.29, 0.717) is 6.04 Å². The summed E-state index contributed by atoms with van der Waals surface area (Å²) in [6.45, 7) is 3.65. The second kappa shape index (κ2) is 6.73. The second-order valence-corrected chi connectivity index (χ2v) is 6.57. The van der Waals surface area contributed by atoms with Crippen molar-refractivity contribution in [3.63, 3.8) is 0 Å². The van der Waals surface area contributed by atoms with Gasteiger partial charge in [-0.1, -0.05) is 49.6 Å². The van der Waals surface area contributed by atoms with E-state index in [1.54, 1.807) is 0 Å². The monoisotopic (exact) mass is 272 g/mol. The van der Waals surface area contributed by atoms with E-state index < -0.39 is 0 Å². The Bertz CT molecular complexity index is 403. The minimum atomic E-state index is 0.545. The van der Waals surface area contributed by atoms with Gasteiger partial charge in [0, 0.05) is 19.1 Å². The number of nitrogens with one attached hydrogen (secondary N) is 1. The summed E-state index contributed by atoms with van der Waals surface area (Å²) in [4.78, 5) is 2.73. The van der Waals surface area contributed by atoms with Crippen LogP contribution >= 0.6 is 0 Å². The minimum absolute atomic E-state index is 0.545. The van der Waals surface area contributed by atoms with Gasteiger partial charge in [-0.25, -0.2) is 0 Å². The molecular formula is C18H28N2. The van der Waals surface area contributed by atoms with Crippen molar-refractivity contribution in [1.82, 2.24) is 10.2 Å². The lowest BCUT2D eigenvalue weighted by Gasteiger charge is -2.44. The lowest BCUT2D eigenvalue weighted by Crippen LogP contribution is -2.45. The Morgan fingerprint density at radius 2 is 1.85 bits per heavy atom. The molecule has 0 aromatic heterocycles. The van der Waals surface area contributed by atoms with Gasteiger partial charge in [0.1, 0.15) is 0 Å². The molecule has 1 saturated carbocycles. The number of hydrogen-bond acceptors (Lipinski definition) is 2. The van der Waals surface area contributed by atoms with Crippen LogP contribution in [0.5, 0.6) is 0 Å². The third kappa shape index (κ3) is 3.07. The third-order valence-corrected chi connectivity index (χ3v) is 5.35. The van der Waals surface area contributed by atoms with Gasteiger partial charge in [0.25, 0.3) is 0 Å². The molecule has 1 aromatic carbocycles. The Kier molecular flexibility index (Phi) is 4.74. The molecule has 0 amide bonds. The van der Waals surface area contributed by atoms with E-state index in [9.17, 15) is 0 Å². The number of likely N-dealkylation sites (tertiary alicyclic amines) is 1. The van der Waals surface area contributed by atoms with Crippen molar-refractivity contribution in [3.05, 3.63) is 35.9 Å². The summed E-state index contributed by atoms with van der Waals surface area (Å²) in [6, 6.07) is 11.6. The molecule has 20 heavy (non-hydrogen) atoms. The van der Waals surface area contributed by atoms with E-state index in [1.807, 2.05) is 0 Å². The van der Waals surface area contributed by atoms with Gasteiger partial charge in [0.2, 0.25) is 0 Å². The average Bonchev–Trinajstić information content (AvgIpc) is 2.53. The fourth-order valence-corrected chi connectivity index (χ4v) is 4.24. The van der Waals surface area contributed by atoms with Crippen LogP contribution in [0.2, 0.25) is 0 Å². The van der Waals surface area contributed by atoms with E-state index in [4.69, 9.17) is 0 Å². The molecule has 2 aliphatic rings. The van der Waals surface area contributed by atoms with Gasteiger partial charge in [-0.15, -0.1) is 0 Å². The van der Waals surface area contributed by atoms with Crippen LogP contribution in [0.1, 0.15) is 43.7 Å². The molecule has 1 aromatic rings.